The van der Waals surface area contributed by atoms with Crippen LogP contribution in [-0.2, 0) is 6.54 Å². The molecule has 1 aromatic carbocycles. The fourth-order valence-electron chi connectivity index (χ4n) is 2.95. The van der Waals surface area contributed by atoms with Crippen LogP contribution in [0.15, 0.2) is 64.6 Å². The Morgan fingerprint density at radius 3 is 2.55 bits per heavy atom. The molecule has 2 aliphatic heterocycles. The molecule has 0 aliphatic carbocycles. The molecule has 0 unspecified atom stereocenters. The third kappa shape index (κ3) is 3.64. The van der Waals surface area contributed by atoms with E-state index in [2.05, 4.69) is 15.0 Å². The number of aromatic nitrogens is 5. The van der Waals surface area contributed by atoms with Gasteiger partial charge in [-0.25, -0.2) is 28.1 Å². The standard InChI is InChI=1S/C19H12ClF2N5O2/c20-18-23-8-11(9-24-18)10-26-6-2-5-14-16(26)25-19(29)27(17(14)28)13-4-1-3-12(7-13)15(21)22/h1-9,15H,10H2. The van der Waals surface area contributed by atoms with Gasteiger partial charge in [-0.2, -0.15) is 4.98 Å². The van der Waals surface area contributed by atoms with Crippen LogP contribution >= 0.6 is 11.6 Å². The van der Waals surface area contributed by atoms with Crippen LogP contribution in [0.3, 0.4) is 0 Å². The van der Waals surface area contributed by atoms with Gasteiger partial charge in [0, 0.05) is 29.7 Å². The van der Waals surface area contributed by atoms with Crippen molar-refractivity contribution in [3.8, 4) is 17.1 Å². The Hall–Kier alpha value is -3.46. The Kier molecular flexibility index (Phi) is 4.89. The predicted molar refractivity (Wildman–Crippen MR) is 102 cm³/mol. The lowest BCUT2D eigenvalue weighted by atomic mass is 10.2. The van der Waals surface area contributed by atoms with Gasteiger partial charge >= 0.3 is 5.69 Å². The number of alkyl halides is 2. The van der Waals surface area contributed by atoms with Crippen molar-refractivity contribution >= 4 is 11.6 Å². The van der Waals surface area contributed by atoms with Crippen molar-refractivity contribution in [2.45, 2.75) is 13.0 Å². The fraction of sp³-hybridized carbons (Fsp3) is 0.105. The highest BCUT2D eigenvalue weighted by Crippen LogP contribution is 2.21. The van der Waals surface area contributed by atoms with Crippen LogP contribution in [0.25, 0.3) is 17.1 Å². The van der Waals surface area contributed by atoms with Crippen LogP contribution in [-0.4, -0.2) is 24.1 Å². The molecule has 0 bridgehead atoms. The number of hydrogen-bond acceptors (Lipinski definition) is 5. The first-order chi connectivity index (χ1) is 13.9. The number of fused-ring (bicyclic) bond motifs is 1. The van der Waals surface area contributed by atoms with E-state index in [1.54, 1.807) is 16.8 Å². The van der Waals surface area contributed by atoms with Gasteiger partial charge in [0.2, 0.25) is 5.28 Å². The summed E-state index contributed by atoms with van der Waals surface area (Å²) in [4.78, 5) is 37.4. The molecule has 146 valence electrons. The van der Waals surface area contributed by atoms with E-state index in [9.17, 15) is 18.4 Å². The molecule has 0 atom stereocenters. The van der Waals surface area contributed by atoms with Crippen molar-refractivity contribution in [3.63, 3.8) is 0 Å². The number of benzene rings is 1. The summed E-state index contributed by atoms with van der Waals surface area (Å²) < 4.78 is 28.4. The smallest absolute Gasteiger partial charge is 0.328 e. The molecule has 29 heavy (non-hydrogen) atoms. The molecule has 0 spiro atoms. The Bertz CT molecular complexity index is 1270. The minimum atomic E-state index is -2.72. The molecule has 0 saturated carbocycles. The maximum absolute atomic E-state index is 13.0. The Morgan fingerprint density at radius 2 is 1.83 bits per heavy atom. The first kappa shape index (κ1) is 18.9. The minimum Gasteiger partial charge on any atom is -0.328 e. The van der Waals surface area contributed by atoms with Gasteiger partial charge in [-0.3, -0.25) is 4.79 Å². The highest BCUT2D eigenvalue weighted by molar-refractivity contribution is 6.28. The molecule has 3 heterocycles. The lowest BCUT2D eigenvalue weighted by Crippen LogP contribution is -2.36. The first-order valence-electron chi connectivity index (χ1n) is 8.41. The molecule has 0 saturated heterocycles. The summed E-state index contributed by atoms with van der Waals surface area (Å²) in [5.41, 5.74) is -0.901. The molecule has 1 aromatic heterocycles. The SMILES string of the molecule is O=c1nc2n(Cc3cnc(Cl)nc3)cccc-2c(=O)n1-c1cccc(C(F)F)c1. The molecular formula is C19H12ClF2N5O2. The number of rotatable bonds is 4. The average molecular weight is 416 g/mol. The van der Waals surface area contributed by atoms with Crippen molar-refractivity contribution in [1.82, 2.24) is 24.1 Å². The second-order valence-electron chi connectivity index (χ2n) is 6.16. The second kappa shape index (κ2) is 7.51. The number of nitrogens with zero attached hydrogens (tertiary/aromatic N) is 5. The second-order valence-corrected chi connectivity index (χ2v) is 6.50. The summed E-state index contributed by atoms with van der Waals surface area (Å²) >= 11 is 5.68. The summed E-state index contributed by atoms with van der Waals surface area (Å²) in [6, 6.07) is 8.24. The third-order valence-corrected chi connectivity index (χ3v) is 4.47. The van der Waals surface area contributed by atoms with E-state index in [0.29, 0.717) is 5.56 Å². The molecule has 0 fully saturated rings. The van der Waals surface area contributed by atoms with Gasteiger partial charge in [0.15, 0.2) is 5.82 Å². The summed E-state index contributed by atoms with van der Waals surface area (Å²) in [6.45, 7) is 0.255. The van der Waals surface area contributed by atoms with E-state index < -0.39 is 17.7 Å². The van der Waals surface area contributed by atoms with Crippen molar-refractivity contribution in [1.29, 1.82) is 0 Å². The molecule has 2 aromatic rings. The predicted octanol–water partition coefficient (Wildman–Crippen LogP) is 2.93. The highest BCUT2D eigenvalue weighted by Gasteiger charge is 2.19. The largest absolute Gasteiger partial charge is 0.357 e. The summed E-state index contributed by atoms with van der Waals surface area (Å²) in [5.74, 6) is 0.165. The fourth-order valence-corrected chi connectivity index (χ4v) is 3.05. The Labute approximate surface area is 167 Å². The highest BCUT2D eigenvalue weighted by atomic mass is 35.5. The molecule has 0 radical (unpaired) electrons. The molecular weight excluding hydrogens is 404 g/mol. The van der Waals surface area contributed by atoms with Crippen molar-refractivity contribution in [3.05, 3.63) is 92.2 Å². The van der Waals surface area contributed by atoms with E-state index in [1.165, 1.54) is 36.7 Å². The van der Waals surface area contributed by atoms with Crippen molar-refractivity contribution in [2.24, 2.45) is 0 Å². The van der Waals surface area contributed by atoms with Gasteiger partial charge in [0.25, 0.3) is 12.0 Å². The number of halogens is 3. The molecule has 2 aliphatic rings. The zero-order valence-corrected chi connectivity index (χ0v) is 15.4. The zero-order chi connectivity index (χ0) is 20.5. The maximum atomic E-state index is 13.0. The third-order valence-electron chi connectivity index (χ3n) is 4.28. The molecule has 0 N–H and O–H groups in total. The first-order valence-corrected chi connectivity index (χ1v) is 8.79. The summed E-state index contributed by atoms with van der Waals surface area (Å²) in [5, 5.41) is 0.102. The van der Waals surface area contributed by atoms with Crippen LogP contribution in [0.1, 0.15) is 17.6 Å². The Balaban J connectivity index is 1.85. The van der Waals surface area contributed by atoms with E-state index in [-0.39, 0.29) is 34.5 Å². The molecule has 4 rings (SSSR count). The van der Waals surface area contributed by atoms with Gasteiger partial charge in [-0.1, -0.05) is 12.1 Å². The summed E-state index contributed by atoms with van der Waals surface area (Å²) in [7, 11) is 0. The minimum absolute atomic E-state index is 0.0358. The molecule has 0 amide bonds. The van der Waals surface area contributed by atoms with E-state index in [4.69, 9.17) is 11.6 Å². The van der Waals surface area contributed by atoms with Gasteiger partial charge in [-0.15, -0.1) is 0 Å². The van der Waals surface area contributed by atoms with Crippen molar-refractivity contribution < 1.29 is 8.78 Å². The van der Waals surface area contributed by atoms with E-state index in [0.717, 1.165) is 10.6 Å². The van der Waals surface area contributed by atoms with Gasteiger partial charge in [0.05, 0.1) is 17.8 Å². The maximum Gasteiger partial charge on any atom is 0.357 e. The number of hydrogen-bond donors (Lipinski definition) is 0. The van der Waals surface area contributed by atoms with Crippen LogP contribution in [0.4, 0.5) is 8.78 Å². The van der Waals surface area contributed by atoms with Gasteiger partial charge in [0.1, 0.15) is 0 Å². The molecule has 10 heteroatoms. The lowest BCUT2D eigenvalue weighted by Gasteiger charge is -2.15. The quantitative estimate of drug-likeness (QED) is 0.479. The van der Waals surface area contributed by atoms with Crippen LogP contribution < -0.4 is 11.2 Å². The van der Waals surface area contributed by atoms with E-state index >= 15 is 0 Å². The average Bonchev–Trinajstić information content (AvgIpc) is 2.70. The van der Waals surface area contributed by atoms with Crippen molar-refractivity contribution in [2.75, 3.05) is 0 Å². The van der Waals surface area contributed by atoms with Gasteiger partial charge in [-0.05, 0) is 35.9 Å². The van der Waals surface area contributed by atoms with E-state index in [1.807, 2.05) is 0 Å². The zero-order valence-electron chi connectivity index (χ0n) is 14.7. The molecule has 7 nitrogen and oxygen atoms in total. The monoisotopic (exact) mass is 415 g/mol. The van der Waals surface area contributed by atoms with Crippen LogP contribution in [0, 0.1) is 0 Å². The lowest BCUT2D eigenvalue weighted by molar-refractivity contribution is 0.151. The van der Waals surface area contributed by atoms with Crippen LogP contribution in [0.2, 0.25) is 5.28 Å². The summed E-state index contributed by atoms with van der Waals surface area (Å²) in [6.07, 6.45) is 1.98. The number of pyridine rings is 1. The topological polar surface area (TPSA) is 82.7 Å². The van der Waals surface area contributed by atoms with Crippen LogP contribution in [0.5, 0.6) is 0 Å². The Morgan fingerprint density at radius 1 is 1.07 bits per heavy atom. The van der Waals surface area contributed by atoms with Gasteiger partial charge < -0.3 is 4.57 Å². The normalized spacial score (nSPS) is 11.3.